The molecule has 1 amide bonds. The minimum atomic E-state index is -0.499. The topological polar surface area (TPSA) is 73.9 Å². The molecule has 0 spiro atoms. The van der Waals surface area contributed by atoms with Gasteiger partial charge in [0, 0.05) is 6.61 Å². The Morgan fingerprint density at radius 3 is 2.90 bits per heavy atom. The molecule has 1 N–H and O–H groups in total. The van der Waals surface area contributed by atoms with Crippen LogP contribution in [0.1, 0.15) is 23.2 Å². The van der Waals surface area contributed by atoms with E-state index in [-0.39, 0.29) is 18.6 Å². The number of amides is 1. The van der Waals surface area contributed by atoms with Gasteiger partial charge in [0.05, 0.1) is 18.8 Å². The third kappa shape index (κ3) is 4.46. The summed E-state index contributed by atoms with van der Waals surface area (Å²) in [5.41, 5.74) is 0.388. The summed E-state index contributed by atoms with van der Waals surface area (Å²) in [6.07, 6.45) is 2.09. The number of esters is 1. The monoisotopic (exact) mass is 293 g/mol. The number of carbonyl (C=O) groups is 2. The molecule has 2 rings (SSSR count). The van der Waals surface area contributed by atoms with Crippen molar-refractivity contribution < 1.29 is 23.8 Å². The van der Waals surface area contributed by atoms with Gasteiger partial charge in [0.2, 0.25) is 0 Å². The van der Waals surface area contributed by atoms with Crippen LogP contribution < -0.4 is 10.1 Å². The van der Waals surface area contributed by atoms with Gasteiger partial charge in [-0.1, -0.05) is 12.1 Å². The summed E-state index contributed by atoms with van der Waals surface area (Å²) in [6, 6.07) is 6.91. The molecule has 21 heavy (non-hydrogen) atoms. The minimum Gasteiger partial charge on any atom is -0.490 e. The van der Waals surface area contributed by atoms with E-state index in [0.717, 1.165) is 19.4 Å². The van der Waals surface area contributed by atoms with Gasteiger partial charge in [0.1, 0.15) is 18.9 Å². The normalized spacial score (nSPS) is 17.3. The summed E-state index contributed by atoms with van der Waals surface area (Å²) in [4.78, 5) is 23.1. The fourth-order valence-corrected chi connectivity index (χ4v) is 2.06. The van der Waals surface area contributed by atoms with E-state index in [1.54, 1.807) is 24.3 Å². The molecule has 1 saturated heterocycles. The largest absolute Gasteiger partial charge is 0.490 e. The number of nitrogens with one attached hydrogen (secondary N) is 1. The fraction of sp³-hybridized carbons (Fsp3) is 0.467. The molecular weight excluding hydrogens is 274 g/mol. The second-order valence-corrected chi connectivity index (χ2v) is 4.70. The van der Waals surface area contributed by atoms with Crippen molar-refractivity contribution in [2.75, 3.05) is 26.9 Å². The van der Waals surface area contributed by atoms with Gasteiger partial charge in [-0.05, 0) is 25.0 Å². The summed E-state index contributed by atoms with van der Waals surface area (Å²) in [7, 11) is 1.27. The molecule has 1 aliphatic rings. The van der Waals surface area contributed by atoms with Gasteiger partial charge >= 0.3 is 5.97 Å². The van der Waals surface area contributed by atoms with Crippen LogP contribution in [-0.2, 0) is 14.3 Å². The zero-order valence-corrected chi connectivity index (χ0v) is 12.0. The Bertz CT molecular complexity index is 497. The van der Waals surface area contributed by atoms with E-state index in [4.69, 9.17) is 9.47 Å². The second kappa shape index (κ2) is 7.64. The lowest BCUT2D eigenvalue weighted by molar-refractivity contribution is -0.139. The molecule has 1 heterocycles. The minimum absolute atomic E-state index is 0.0798. The molecule has 0 radical (unpaired) electrons. The van der Waals surface area contributed by atoms with Gasteiger partial charge < -0.3 is 19.5 Å². The molecule has 1 aliphatic heterocycles. The molecule has 1 aromatic rings. The third-order valence-electron chi connectivity index (χ3n) is 3.20. The van der Waals surface area contributed by atoms with Gasteiger partial charge in [0.25, 0.3) is 5.91 Å². The molecule has 1 atom stereocenters. The average Bonchev–Trinajstić information content (AvgIpc) is 3.04. The molecule has 0 aliphatic carbocycles. The van der Waals surface area contributed by atoms with E-state index in [1.165, 1.54) is 7.11 Å². The molecule has 0 bridgehead atoms. The van der Waals surface area contributed by atoms with E-state index in [2.05, 4.69) is 10.1 Å². The molecule has 114 valence electrons. The molecular formula is C15H19NO5. The maximum Gasteiger partial charge on any atom is 0.325 e. The number of benzene rings is 1. The average molecular weight is 293 g/mol. The number of ether oxygens (including phenoxy) is 3. The lowest BCUT2D eigenvalue weighted by atomic mass is 10.2. The van der Waals surface area contributed by atoms with Crippen molar-refractivity contribution in [3.63, 3.8) is 0 Å². The molecule has 6 nitrogen and oxygen atoms in total. The predicted octanol–water partition coefficient (Wildman–Crippen LogP) is 1.15. The highest BCUT2D eigenvalue weighted by atomic mass is 16.5. The SMILES string of the molecule is COC(=O)CNC(=O)c1ccccc1OC[C@H]1CCCO1. The Labute approximate surface area is 123 Å². The Morgan fingerprint density at radius 2 is 2.19 bits per heavy atom. The zero-order valence-electron chi connectivity index (χ0n) is 12.0. The Balaban J connectivity index is 1.94. The van der Waals surface area contributed by atoms with E-state index in [1.807, 2.05) is 0 Å². The first-order valence-corrected chi connectivity index (χ1v) is 6.89. The Hall–Kier alpha value is -2.08. The maximum atomic E-state index is 12.1. The highest BCUT2D eigenvalue weighted by Gasteiger charge is 2.18. The number of methoxy groups -OCH3 is 1. The summed E-state index contributed by atoms with van der Waals surface area (Å²) in [5, 5.41) is 2.49. The first-order chi connectivity index (χ1) is 10.2. The molecule has 0 saturated carbocycles. The van der Waals surface area contributed by atoms with E-state index in [0.29, 0.717) is 17.9 Å². The van der Waals surface area contributed by atoms with Crippen LogP contribution in [0.25, 0.3) is 0 Å². The highest BCUT2D eigenvalue weighted by Crippen LogP contribution is 2.20. The van der Waals surface area contributed by atoms with Crippen LogP contribution in [0.5, 0.6) is 5.75 Å². The molecule has 1 aromatic carbocycles. The molecule has 0 unspecified atom stereocenters. The van der Waals surface area contributed by atoms with Gasteiger partial charge in [0.15, 0.2) is 0 Å². The van der Waals surface area contributed by atoms with E-state index in [9.17, 15) is 9.59 Å². The van der Waals surface area contributed by atoms with Crippen LogP contribution in [0.2, 0.25) is 0 Å². The van der Waals surface area contributed by atoms with Gasteiger partial charge in [-0.15, -0.1) is 0 Å². The lowest BCUT2D eigenvalue weighted by Gasteiger charge is -2.14. The van der Waals surface area contributed by atoms with Crippen LogP contribution in [0.15, 0.2) is 24.3 Å². The second-order valence-electron chi connectivity index (χ2n) is 4.70. The number of hydrogen-bond acceptors (Lipinski definition) is 5. The van der Waals surface area contributed by atoms with Crippen LogP contribution in [-0.4, -0.2) is 44.8 Å². The highest BCUT2D eigenvalue weighted by molar-refractivity contribution is 5.98. The van der Waals surface area contributed by atoms with Crippen molar-refractivity contribution in [1.82, 2.24) is 5.32 Å². The number of para-hydroxylation sites is 1. The molecule has 0 aromatic heterocycles. The predicted molar refractivity (Wildman–Crippen MR) is 75.3 cm³/mol. The lowest BCUT2D eigenvalue weighted by Crippen LogP contribution is -2.30. The molecule has 1 fully saturated rings. The summed E-state index contributed by atoms with van der Waals surface area (Å²) < 4.78 is 15.6. The van der Waals surface area contributed by atoms with Crippen LogP contribution >= 0.6 is 0 Å². The van der Waals surface area contributed by atoms with Gasteiger partial charge in [-0.3, -0.25) is 9.59 Å². The smallest absolute Gasteiger partial charge is 0.325 e. The maximum absolute atomic E-state index is 12.1. The van der Waals surface area contributed by atoms with E-state index < -0.39 is 5.97 Å². The summed E-state index contributed by atoms with van der Waals surface area (Å²) >= 11 is 0. The fourth-order valence-electron chi connectivity index (χ4n) is 2.06. The van der Waals surface area contributed by atoms with Crippen LogP contribution in [0, 0.1) is 0 Å². The summed E-state index contributed by atoms with van der Waals surface area (Å²) in [6.45, 7) is 1.01. The first-order valence-electron chi connectivity index (χ1n) is 6.89. The van der Waals surface area contributed by atoms with Crippen LogP contribution in [0.4, 0.5) is 0 Å². The number of rotatable bonds is 6. The molecule has 6 heteroatoms. The van der Waals surface area contributed by atoms with E-state index >= 15 is 0 Å². The zero-order chi connectivity index (χ0) is 15.1. The number of carbonyl (C=O) groups excluding carboxylic acids is 2. The number of hydrogen-bond donors (Lipinski definition) is 1. The first kappa shape index (κ1) is 15.3. The quantitative estimate of drug-likeness (QED) is 0.796. The van der Waals surface area contributed by atoms with Crippen LogP contribution in [0.3, 0.4) is 0 Å². The van der Waals surface area contributed by atoms with Crippen molar-refractivity contribution in [2.45, 2.75) is 18.9 Å². The van der Waals surface area contributed by atoms with Gasteiger partial charge in [-0.25, -0.2) is 0 Å². The standard InChI is InChI=1S/C15H19NO5/c1-19-14(17)9-16-15(18)12-6-2-3-7-13(12)21-10-11-5-4-8-20-11/h2-3,6-7,11H,4-5,8-10H2,1H3,(H,16,18)/t11-/m1/s1. The van der Waals surface area contributed by atoms with Crippen molar-refractivity contribution in [1.29, 1.82) is 0 Å². The van der Waals surface area contributed by atoms with Crippen molar-refractivity contribution in [3.05, 3.63) is 29.8 Å². The Kier molecular flexibility index (Phi) is 5.57. The Morgan fingerprint density at radius 1 is 1.38 bits per heavy atom. The van der Waals surface area contributed by atoms with Gasteiger partial charge in [-0.2, -0.15) is 0 Å². The van der Waals surface area contributed by atoms with Crippen molar-refractivity contribution in [2.24, 2.45) is 0 Å². The third-order valence-corrected chi connectivity index (χ3v) is 3.20. The van der Waals surface area contributed by atoms with Crippen molar-refractivity contribution >= 4 is 11.9 Å². The van der Waals surface area contributed by atoms with Crippen molar-refractivity contribution in [3.8, 4) is 5.75 Å². The summed E-state index contributed by atoms with van der Waals surface area (Å²) in [5.74, 6) is -0.389.